The number of esters is 2. The van der Waals surface area contributed by atoms with Gasteiger partial charge in [-0.3, -0.25) is 14.1 Å². The van der Waals surface area contributed by atoms with Crippen LogP contribution in [0.3, 0.4) is 0 Å². The molecule has 0 heterocycles. The molecule has 8 nitrogen and oxygen atoms in total. The summed E-state index contributed by atoms with van der Waals surface area (Å²) in [6.45, 7) is 3.53. The van der Waals surface area contributed by atoms with E-state index in [1.165, 1.54) is 96.3 Å². The standard InChI is InChI=1S/C47H81O8P/c1-3-5-7-9-11-13-15-17-19-21-22-23-24-26-27-29-31-33-35-37-39-41-46(48)53-43-45(44-54-56(50,51)52)55-47(49)42-40-38-36-34-32-30-28-25-20-18-16-14-12-10-8-6-4-2/h6,8,12,14,17-20,28,30,34,36,45H,3-5,7,9-11,13,15-16,21-27,29,31-33,35,37-44H2,1-2H3,(H2,50,51,52)/b8-6+,14-12+,19-17+,20-18+,30-28+,36-34+/t45-/m1/s1. The highest BCUT2D eigenvalue weighted by Gasteiger charge is 2.22. The zero-order chi connectivity index (χ0) is 41.1. The fourth-order valence-corrected chi connectivity index (χ4v) is 6.29. The molecule has 0 saturated carbocycles. The molecule has 0 rings (SSSR count). The van der Waals surface area contributed by atoms with Crippen molar-refractivity contribution in [2.45, 2.75) is 200 Å². The van der Waals surface area contributed by atoms with Gasteiger partial charge >= 0.3 is 19.8 Å². The molecule has 322 valence electrons. The van der Waals surface area contributed by atoms with Crippen LogP contribution in [-0.2, 0) is 28.2 Å². The highest BCUT2D eigenvalue weighted by molar-refractivity contribution is 7.46. The summed E-state index contributed by atoms with van der Waals surface area (Å²) in [6.07, 6.45) is 54.9. The number of phosphoric ester groups is 1. The van der Waals surface area contributed by atoms with Crippen LogP contribution in [0.25, 0.3) is 0 Å². The van der Waals surface area contributed by atoms with Crippen LogP contribution in [0, 0.1) is 0 Å². The zero-order valence-corrected chi connectivity index (χ0v) is 36.4. The quantitative estimate of drug-likeness (QED) is 0.0272. The second-order valence-corrected chi connectivity index (χ2v) is 15.9. The number of carbonyl (C=O) groups excluding carboxylic acids is 2. The van der Waals surface area contributed by atoms with E-state index in [9.17, 15) is 14.2 Å². The van der Waals surface area contributed by atoms with Gasteiger partial charge in [-0.25, -0.2) is 4.57 Å². The van der Waals surface area contributed by atoms with Gasteiger partial charge in [-0.2, -0.15) is 0 Å². The summed E-state index contributed by atoms with van der Waals surface area (Å²) in [5, 5.41) is 0. The molecule has 56 heavy (non-hydrogen) atoms. The summed E-state index contributed by atoms with van der Waals surface area (Å²) in [7, 11) is -4.77. The molecule has 0 saturated heterocycles. The number of ether oxygens (including phenoxy) is 2. The van der Waals surface area contributed by atoms with E-state index < -0.39 is 32.5 Å². The molecule has 0 spiro atoms. The largest absolute Gasteiger partial charge is 0.469 e. The van der Waals surface area contributed by atoms with Crippen molar-refractivity contribution in [3.8, 4) is 0 Å². The fourth-order valence-electron chi connectivity index (χ4n) is 5.93. The van der Waals surface area contributed by atoms with Gasteiger partial charge in [0.1, 0.15) is 6.61 Å². The minimum absolute atomic E-state index is 0.131. The van der Waals surface area contributed by atoms with Crippen LogP contribution in [0.15, 0.2) is 72.9 Å². The Bertz CT molecular complexity index is 1130. The summed E-state index contributed by atoms with van der Waals surface area (Å²) in [6, 6.07) is 0. The summed E-state index contributed by atoms with van der Waals surface area (Å²) in [5.74, 6) is -0.955. The van der Waals surface area contributed by atoms with Gasteiger partial charge in [0.15, 0.2) is 6.10 Å². The lowest BCUT2D eigenvalue weighted by molar-refractivity contribution is -0.161. The average Bonchev–Trinajstić information content (AvgIpc) is 3.17. The van der Waals surface area contributed by atoms with Gasteiger partial charge in [-0.1, -0.05) is 177 Å². The van der Waals surface area contributed by atoms with Gasteiger partial charge in [0.25, 0.3) is 0 Å². The Hall–Kier alpha value is -2.51. The van der Waals surface area contributed by atoms with Gasteiger partial charge in [-0.15, -0.1) is 0 Å². The minimum atomic E-state index is -4.77. The van der Waals surface area contributed by atoms with E-state index in [0.717, 1.165) is 51.4 Å². The van der Waals surface area contributed by atoms with E-state index >= 15 is 0 Å². The second kappa shape index (κ2) is 42.1. The van der Waals surface area contributed by atoms with Crippen LogP contribution in [0.2, 0.25) is 0 Å². The van der Waals surface area contributed by atoms with Crippen LogP contribution in [0.4, 0.5) is 0 Å². The van der Waals surface area contributed by atoms with Crippen LogP contribution in [0.1, 0.15) is 194 Å². The molecule has 0 radical (unpaired) electrons. The first-order valence-electron chi connectivity index (χ1n) is 22.2. The number of rotatable bonds is 40. The van der Waals surface area contributed by atoms with E-state index in [2.05, 4.69) is 85.2 Å². The van der Waals surface area contributed by atoms with Gasteiger partial charge in [-0.05, 0) is 77.0 Å². The van der Waals surface area contributed by atoms with E-state index in [0.29, 0.717) is 19.3 Å². The first-order chi connectivity index (χ1) is 27.3. The van der Waals surface area contributed by atoms with Crippen molar-refractivity contribution < 1.29 is 37.9 Å². The molecule has 0 aromatic carbocycles. The Labute approximate surface area is 342 Å². The van der Waals surface area contributed by atoms with E-state index in [1.807, 2.05) is 6.08 Å². The zero-order valence-electron chi connectivity index (χ0n) is 35.5. The number of phosphoric acid groups is 1. The Kier molecular flexibility index (Phi) is 40.2. The number of carbonyl (C=O) groups is 2. The predicted molar refractivity (Wildman–Crippen MR) is 234 cm³/mol. The van der Waals surface area contributed by atoms with Gasteiger partial charge in [0.2, 0.25) is 0 Å². The summed E-state index contributed by atoms with van der Waals surface area (Å²) < 4.78 is 26.4. The number of hydrogen-bond donors (Lipinski definition) is 2. The smallest absolute Gasteiger partial charge is 0.462 e. The third kappa shape index (κ3) is 44.2. The summed E-state index contributed by atoms with van der Waals surface area (Å²) in [4.78, 5) is 42.9. The second-order valence-electron chi connectivity index (χ2n) is 14.6. The van der Waals surface area contributed by atoms with Gasteiger partial charge in [0.05, 0.1) is 6.61 Å². The van der Waals surface area contributed by atoms with Crippen molar-refractivity contribution in [1.29, 1.82) is 0 Å². The van der Waals surface area contributed by atoms with Crippen molar-refractivity contribution in [2.24, 2.45) is 0 Å². The topological polar surface area (TPSA) is 119 Å². The molecule has 0 bridgehead atoms. The van der Waals surface area contributed by atoms with Gasteiger partial charge < -0.3 is 19.3 Å². The molecule has 0 aliphatic heterocycles. The maximum absolute atomic E-state index is 12.4. The Morgan fingerprint density at radius 3 is 1.36 bits per heavy atom. The first kappa shape index (κ1) is 53.5. The predicted octanol–water partition coefficient (Wildman–Crippen LogP) is 13.9. The van der Waals surface area contributed by atoms with E-state index in [-0.39, 0.29) is 19.4 Å². The molecular weight excluding hydrogens is 723 g/mol. The number of hydrogen-bond acceptors (Lipinski definition) is 6. The molecular formula is C47H81O8P. The third-order valence-corrected chi connectivity index (χ3v) is 9.69. The monoisotopic (exact) mass is 805 g/mol. The van der Waals surface area contributed by atoms with Crippen molar-refractivity contribution in [3.63, 3.8) is 0 Å². The molecule has 9 heteroatoms. The highest BCUT2D eigenvalue weighted by Crippen LogP contribution is 2.36. The Morgan fingerprint density at radius 1 is 0.482 bits per heavy atom. The van der Waals surface area contributed by atoms with Crippen LogP contribution in [0.5, 0.6) is 0 Å². The van der Waals surface area contributed by atoms with Gasteiger partial charge in [0, 0.05) is 12.8 Å². The van der Waals surface area contributed by atoms with Crippen LogP contribution >= 0.6 is 7.82 Å². The van der Waals surface area contributed by atoms with Crippen LogP contribution in [-0.4, -0.2) is 41.0 Å². The third-order valence-electron chi connectivity index (χ3n) is 9.21. The number of allylic oxidation sites excluding steroid dienone is 12. The first-order valence-corrected chi connectivity index (χ1v) is 23.8. The van der Waals surface area contributed by atoms with Crippen molar-refractivity contribution in [2.75, 3.05) is 13.2 Å². The molecule has 0 fully saturated rings. The molecule has 0 amide bonds. The SMILES string of the molecule is CC/C=C/C/C=C/C/C=C/C/C=C/C/C=C/CCCC(=O)O[C@H](COC(=O)CCCCCCCCCCCCC/C=C/CCCCCCCC)COP(=O)(O)O. The van der Waals surface area contributed by atoms with Crippen molar-refractivity contribution in [1.82, 2.24) is 0 Å². The molecule has 0 aromatic heterocycles. The average molecular weight is 805 g/mol. The molecule has 2 N–H and O–H groups in total. The lowest BCUT2D eigenvalue weighted by atomic mass is 10.0. The lowest BCUT2D eigenvalue weighted by Crippen LogP contribution is -2.29. The Morgan fingerprint density at radius 2 is 0.875 bits per heavy atom. The highest BCUT2D eigenvalue weighted by atomic mass is 31.2. The van der Waals surface area contributed by atoms with Crippen LogP contribution < -0.4 is 0 Å². The summed E-state index contributed by atoms with van der Waals surface area (Å²) >= 11 is 0. The lowest BCUT2D eigenvalue weighted by Gasteiger charge is -2.18. The fraction of sp³-hybridized carbons (Fsp3) is 0.702. The maximum atomic E-state index is 12.4. The van der Waals surface area contributed by atoms with E-state index in [1.54, 1.807) is 0 Å². The molecule has 0 aliphatic rings. The molecule has 0 aromatic rings. The molecule has 0 aliphatic carbocycles. The minimum Gasteiger partial charge on any atom is -0.462 e. The van der Waals surface area contributed by atoms with Crippen molar-refractivity contribution >= 4 is 19.8 Å². The molecule has 0 unspecified atom stereocenters. The normalized spacial score (nSPS) is 13.1. The summed E-state index contributed by atoms with van der Waals surface area (Å²) in [5.41, 5.74) is 0. The number of unbranched alkanes of at least 4 members (excludes halogenated alkanes) is 18. The maximum Gasteiger partial charge on any atom is 0.469 e. The molecule has 1 atom stereocenters. The Balaban J connectivity index is 3.96. The van der Waals surface area contributed by atoms with E-state index in [4.69, 9.17) is 19.3 Å². The van der Waals surface area contributed by atoms with Crippen molar-refractivity contribution in [3.05, 3.63) is 72.9 Å².